The topological polar surface area (TPSA) is 76.7 Å². The highest BCUT2D eigenvalue weighted by molar-refractivity contribution is 5.99. The Balaban J connectivity index is 1.52. The summed E-state index contributed by atoms with van der Waals surface area (Å²) in [5, 5.41) is 4.08. The predicted octanol–water partition coefficient (Wildman–Crippen LogP) is 3.86. The molecule has 0 heterocycles. The summed E-state index contributed by atoms with van der Waals surface area (Å²) in [6.07, 6.45) is 0. The maximum Gasteiger partial charge on any atom is 0.277 e. The summed E-state index contributed by atoms with van der Waals surface area (Å²) in [7, 11) is 0. The van der Waals surface area contributed by atoms with Crippen LogP contribution in [0, 0.1) is 0 Å². The van der Waals surface area contributed by atoms with Gasteiger partial charge in [-0.05, 0) is 47.9 Å². The molecule has 0 fully saturated rings. The van der Waals surface area contributed by atoms with E-state index in [0.717, 1.165) is 16.7 Å². The van der Waals surface area contributed by atoms with Gasteiger partial charge in [0.25, 0.3) is 5.91 Å². The number of nitrogens with two attached hydrogens (primary N) is 1. The highest BCUT2D eigenvalue weighted by atomic mass is 16.5. The molecule has 5 heteroatoms. The molecule has 0 aliphatic rings. The van der Waals surface area contributed by atoms with Crippen LogP contribution in [-0.2, 0) is 4.79 Å². The van der Waals surface area contributed by atoms with Gasteiger partial charge in [0.15, 0.2) is 6.61 Å². The van der Waals surface area contributed by atoms with E-state index in [9.17, 15) is 4.79 Å². The molecule has 3 aromatic carbocycles. The Kier molecular flexibility index (Phi) is 5.84. The van der Waals surface area contributed by atoms with Crippen molar-refractivity contribution in [1.29, 1.82) is 0 Å². The number of ether oxygens (including phenoxy) is 1. The van der Waals surface area contributed by atoms with Gasteiger partial charge >= 0.3 is 0 Å². The Morgan fingerprint density at radius 2 is 1.67 bits per heavy atom. The Morgan fingerprint density at radius 1 is 0.963 bits per heavy atom. The molecule has 136 valence electrons. The zero-order valence-corrected chi connectivity index (χ0v) is 15.1. The Morgan fingerprint density at radius 3 is 2.37 bits per heavy atom. The van der Waals surface area contributed by atoms with E-state index in [1.54, 1.807) is 19.1 Å². The van der Waals surface area contributed by atoms with Gasteiger partial charge in [0.2, 0.25) is 0 Å². The number of nitrogens with one attached hydrogen (secondary N) is 1. The van der Waals surface area contributed by atoms with Crippen LogP contribution in [0.3, 0.4) is 0 Å². The van der Waals surface area contributed by atoms with Crippen LogP contribution in [0.15, 0.2) is 84.0 Å². The van der Waals surface area contributed by atoms with E-state index in [1.165, 1.54) is 0 Å². The first kappa shape index (κ1) is 18.2. The highest BCUT2D eigenvalue weighted by Crippen LogP contribution is 2.21. The van der Waals surface area contributed by atoms with Crippen LogP contribution in [0.25, 0.3) is 11.1 Å². The molecule has 0 saturated heterocycles. The Hall–Kier alpha value is -3.60. The minimum Gasteiger partial charge on any atom is -0.484 e. The standard InChI is InChI=1S/C22H21N3O2/c1-16(19-8-5-9-20(23)14-19)24-25-22(26)15-27-21-12-10-18(11-13-21)17-6-3-2-4-7-17/h2-14H,15,23H2,1H3,(H,25,26). The Labute approximate surface area is 158 Å². The molecular formula is C22H21N3O2. The number of nitrogens with zero attached hydrogens (tertiary/aromatic N) is 1. The number of anilines is 1. The van der Waals surface area contributed by atoms with Crippen molar-refractivity contribution < 1.29 is 9.53 Å². The minimum absolute atomic E-state index is 0.113. The van der Waals surface area contributed by atoms with Crippen LogP contribution in [0.1, 0.15) is 12.5 Å². The van der Waals surface area contributed by atoms with Gasteiger partial charge in [0.1, 0.15) is 5.75 Å². The van der Waals surface area contributed by atoms with Crippen molar-refractivity contribution in [3.05, 3.63) is 84.4 Å². The molecule has 0 unspecified atom stereocenters. The molecule has 0 aliphatic carbocycles. The number of nitrogen functional groups attached to an aromatic ring is 1. The first-order valence-electron chi connectivity index (χ1n) is 8.59. The van der Waals surface area contributed by atoms with Crippen molar-refractivity contribution in [1.82, 2.24) is 5.43 Å². The van der Waals surface area contributed by atoms with Crippen LogP contribution >= 0.6 is 0 Å². The van der Waals surface area contributed by atoms with Gasteiger partial charge in [-0.3, -0.25) is 4.79 Å². The van der Waals surface area contributed by atoms with Crippen molar-refractivity contribution in [2.45, 2.75) is 6.92 Å². The monoisotopic (exact) mass is 359 g/mol. The normalized spacial score (nSPS) is 11.1. The van der Waals surface area contributed by atoms with E-state index >= 15 is 0 Å². The molecule has 3 rings (SSSR count). The number of rotatable bonds is 6. The van der Waals surface area contributed by atoms with Gasteiger partial charge in [0.05, 0.1) is 5.71 Å². The number of hydrogen-bond donors (Lipinski definition) is 2. The van der Waals surface area contributed by atoms with Crippen LogP contribution in [0.2, 0.25) is 0 Å². The maximum atomic E-state index is 11.9. The quantitative estimate of drug-likeness (QED) is 0.399. The zero-order valence-electron chi connectivity index (χ0n) is 15.1. The molecule has 3 N–H and O–H groups in total. The number of hydrazone groups is 1. The number of carbonyl (C=O) groups is 1. The lowest BCUT2D eigenvalue weighted by Gasteiger charge is -2.07. The molecule has 3 aromatic rings. The van der Waals surface area contributed by atoms with Crippen molar-refractivity contribution >= 4 is 17.3 Å². The summed E-state index contributed by atoms with van der Waals surface area (Å²) in [6, 6.07) is 25.0. The first-order chi connectivity index (χ1) is 13.1. The summed E-state index contributed by atoms with van der Waals surface area (Å²) < 4.78 is 5.51. The summed E-state index contributed by atoms with van der Waals surface area (Å²) in [6.45, 7) is 1.69. The van der Waals surface area contributed by atoms with Crippen LogP contribution in [-0.4, -0.2) is 18.2 Å². The summed E-state index contributed by atoms with van der Waals surface area (Å²) in [5.41, 5.74) is 12.6. The smallest absolute Gasteiger partial charge is 0.277 e. The second kappa shape index (κ2) is 8.67. The molecule has 0 aromatic heterocycles. The zero-order chi connectivity index (χ0) is 19.1. The molecule has 27 heavy (non-hydrogen) atoms. The van der Waals surface area contributed by atoms with Gasteiger partial charge in [0, 0.05) is 5.69 Å². The fourth-order valence-electron chi connectivity index (χ4n) is 2.53. The second-order valence-electron chi connectivity index (χ2n) is 6.04. The molecule has 1 amide bonds. The molecule has 0 atom stereocenters. The van der Waals surface area contributed by atoms with Gasteiger partial charge in [-0.2, -0.15) is 5.10 Å². The van der Waals surface area contributed by atoms with Crippen LogP contribution in [0.5, 0.6) is 5.75 Å². The number of carbonyl (C=O) groups excluding carboxylic acids is 1. The summed E-state index contributed by atoms with van der Waals surface area (Å²) >= 11 is 0. The van der Waals surface area contributed by atoms with Crippen LogP contribution in [0.4, 0.5) is 5.69 Å². The largest absolute Gasteiger partial charge is 0.484 e. The van der Waals surface area contributed by atoms with E-state index in [0.29, 0.717) is 17.1 Å². The van der Waals surface area contributed by atoms with Crippen molar-refractivity contribution in [3.63, 3.8) is 0 Å². The molecule has 0 bridgehead atoms. The average Bonchev–Trinajstić information content (AvgIpc) is 2.71. The number of amides is 1. The van der Waals surface area contributed by atoms with Gasteiger partial charge in [-0.1, -0.05) is 54.6 Å². The van der Waals surface area contributed by atoms with E-state index in [4.69, 9.17) is 10.5 Å². The third-order valence-corrected chi connectivity index (χ3v) is 3.98. The predicted molar refractivity (Wildman–Crippen MR) is 109 cm³/mol. The first-order valence-corrected chi connectivity index (χ1v) is 8.59. The third-order valence-electron chi connectivity index (χ3n) is 3.98. The van der Waals surface area contributed by atoms with Crippen molar-refractivity contribution in [2.24, 2.45) is 5.10 Å². The van der Waals surface area contributed by atoms with E-state index in [-0.39, 0.29) is 12.5 Å². The SMILES string of the molecule is CC(=NNC(=O)COc1ccc(-c2ccccc2)cc1)c1cccc(N)c1. The molecule has 0 saturated carbocycles. The Bertz CT molecular complexity index is 935. The average molecular weight is 359 g/mol. The van der Waals surface area contributed by atoms with Gasteiger partial charge in [-0.25, -0.2) is 5.43 Å². The van der Waals surface area contributed by atoms with E-state index < -0.39 is 0 Å². The lowest BCUT2D eigenvalue weighted by atomic mass is 10.1. The lowest BCUT2D eigenvalue weighted by molar-refractivity contribution is -0.123. The molecule has 0 aliphatic heterocycles. The van der Waals surface area contributed by atoms with Crippen molar-refractivity contribution in [3.8, 4) is 16.9 Å². The second-order valence-corrected chi connectivity index (χ2v) is 6.04. The van der Waals surface area contributed by atoms with Crippen molar-refractivity contribution in [2.75, 3.05) is 12.3 Å². The molecule has 5 nitrogen and oxygen atoms in total. The number of benzene rings is 3. The molecule has 0 radical (unpaired) electrons. The van der Waals surface area contributed by atoms with E-state index in [1.807, 2.05) is 66.7 Å². The van der Waals surface area contributed by atoms with E-state index in [2.05, 4.69) is 10.5 Å². The summed E-state index contributed by atoms with van der Waals surface area (Å²) in [4.78, 5) is 11.9. The molecular weight excluding hydrogens is 338 g/mol. The number of hydrogen-bond acceptors (Lipinski definition) is 4. The third kappa shape index (κ3) is 5.19. The molecule has 0 spiro atoms. The lowest BCUT2D eigenvalue weighted by Crippen LogP contribution is -2.25. The maximum absolute atomic E-state index is 11.9. The van der Waals surface area contributed by atoms with Gasteiger partial charge < -0.3 is 10.5 Å². The fraction of sp³-hybridized carbons (Fsp3) is 0.0909. The minimum atomic E-state index is -0.328. The van der Waals surface area contributed by atoms with Gasteiger partial charge in [-0.15, -0.1) is 0 Å². The highest BCUT2D eigenvalue weighted by Gasteiger charge is 2.04. The fourth-order valence-corrected chi connectivity index (χ4v) is 2.53. The van der Waals surface area contributed by atoms with Crippen LogP contribution < -0.4 is 15.9 Å². The summed E-state index contributed by atoms with van der Waals surface area (Å²) in [5.74, 6) is 0.298.